The van der Waals surface area contributed by atoms with Crippen molar-refractivity contribution >= 4 is 40.2 Å². The van der Waals surface area contributed by atoms with Gasteiger partial charge in [0.05, 0.1) is 19.1 Å². The van der Waals surface area contributed by atoms with Crippen molar-refractivity contribution in [3.8, 4) is 5.75 Å². The van der Waals surface area contributed by atoms with Gasteiger partial charge in [0, 0.05) is 6.61 Å². The first kappa shape index (κ1) is 15.9. The molecule has 0 saturated carbocycles. The highest BCUT2D eigenvalue weighted by atomic mass is 35.5. The molecule has 25 heavy (non-hydrogen) atoms. The molecule has 0 spiro atoms. The number of methoxy groups -OCH3 is 1. The van der Waals surface area contributed by atoms with Crippen molar-refractivity contribution in [2.45, 2.75) is 19.1 Å². The van der Waals surface area contributed by atoms with Gasteiger partial charge in [0.25, 0.3) is 0 Å². The van der Waals surface area contributed by atoms with Crippen LogP contribution in [-0.2, 0) is 4.74 Å². The van der Waals surface area contributed by atoms with Crippen LogP contribution in [0.5, 0.6) is 5.75 Å². The lowest BCUT2D eigenvalue weighted by molar-refractivity contribution is 0.0593. The van der Waals surface area contributed by atoms with Crippen molar-refractivity contribution < 1.29 is 9.47 Å². The van der Waals surface area contributed by atoms with E-state index in [0.717, 1.165) is 19.4 Å². The van der Waals surface area contributed by atoms with Gasteiger partial charge in [-0.3, -0.25) is 4.57 Å². The number of halogens is 1. The molecule has 4 rings (SSSR count). The van der Waals surface area contributed by atoms with Gasteiger partial charge in [-0.2, -0.15) is 9.97 Å². The molecule has 0 bridgehead atoms. The van der Waals surface area contributed by atoms with Crippen LogP contribution in [0, 0.1) is 0 Å². The summed E-state index contributed by atoms with van der Waals surface area (Å²) in [6.45, 7) is 0.732. The van der Waals surface area contributed by atoms with Crippen molar-refractivity contribution in [2.75, 3.05) is 24.8 Å². The van der Waals surface area contributed by atoms with Gasteiger partial charge in [-0.15, -0.1) is 0 Å². The molecule has 3 heterocycles. The van der Waals surface area contributed by atoms with Gasteiger partial charge in [-0.1, -0.05) is 17.7 Å². The number of nitrogens with zero attached hydrogens (tertiary/aromatic N) is 4. The molecule has 0 radical (unpaired) electrons. The van der Waals surface area contributed by atoms with Gasteiger partial charge in [0.1, 0.15) is 17.0 Å². The third-order valence-corrected chi connectivity index (χ3v) is 4.48. The number of rotatable bonds is 4. The predicted octanol–water partition coefficient (Wildman–Crippen LogP) is 3.12. The standard InChI is InChI=1S/C16H17ClN6O2/c1-24-10-5-2-4-9(12(10)17)20-14-13-15(22-16(18)21-14)23(8-19-13)11-6-3-7-25-11/h2,4-5,8,11H,3,6-7H2,1H3,(H3,18,20,21,22). The molecule has 1 atom stereocenters. The number of nitrogen functional groups attached to an aromatic ring is 1. The second-order valence-electron chi connectivity index (χ2n) is 5.67. The van der Waals surface area contributed by atoms with Crippen LogP contribution in [0.2, 0.25) is 5.02 Å². The van der Waals surface area contributed by atoms with Crippen LogP contribution in [0.3, 0.4) is 0 Å². The van der Waals surface area contributed by atoms with Crippen LogP contribution in [0.15, 0.2) is 24.5 Å². The third-order valence-electron chi connectivity index (χ3n) is 4.09. The van der Waals surface area contributed by atoms with Gasteiger partial charge in [-0.05, 0) is 25.0 Å². The number of nitrogens with two attached hydrogens (primary N) is 1. The highest BCUT2D eigenvalue weighted by Crippen LogP contribution is 2.35. The molecule has 0 amide bonds. The average molecular weight is 361 g/mol. The smallest absolute Gasteiger partial charge is 0.224 e. The Morgan fingerprint density at radius 3 is 3.04 bits per heavy atom. The van der Waals surface area contributed by atoms with E-state index in [4.69, 9.17) is 26.8 Å². The number of fused-ring (bicyclic) bond motifs is 1. The lowest BCUT2D eigenvalue weighted by Gasteiger charge is -2.13. The number of hydrogen-bond acceptors (Lipinski definition) is 7. The van der Waals surface area contributed by atoms with Crippen LogP contribution < -0.4 is 15.8 Å². The Balaban J connectivity index is 1.77. The second kappa shape index (κ2) is 6.38. The number of anilines is 3. The summed E-state index contributed by atoms with van der Waals surface area (Å²) in [5.74, 6) is 1.19. The van der Waals surface area contributed by atoms with Crippen molar-refractivity contribution in [1.82, 2.24) is 19.5 Å². The minimum absolute atomic E-state index is 0.0763. The Labute approximate surface area is 148 Å². The van der Waals surface area contributed by atoms with Crippen LogP contribution >= 0.6 is 11.6 Å². The quantitative estimate of drug-likeness (QED) is 0.737. The Morgan fingerprint density at radius 2 is 2.28 bits per heavy atom. The van der Waals surface area contributed by atoms with Gasteiger partial charge in [0.15, 0.2) is 17.0 Å². The molecule has 130 valence electrons. The van der Waals surface area contributed by atoms with E-state index in [1.807, 2.05) is 16.7 Å². The molecule has 1 unspecified atom stereocenters. The van der Waals surface area contributed by atoms with Crippen molar-refractivity contribution in [1.29, 1.82) is 0 Å². The number of benzene rings is 1. The van der Waals surface area contributed by atoms with E-state index in [-0.39, 0.29) is 12.2 Å². The molecule has 1 aliphatic heterocycles. The maximum Gasteiger partial charge on any atom is 0.224 e. The first-order valence-electron chi connectivity index (χ1n) is 7.88. The molecule has 8 nitrogen and oxygen atoms in total. The fourth-order valence-corrected chi connectivity index (χ4v) is 3.15. The maximum absolute atomic E-state index is 6.35. The minimum Gasteiger partial charge on any atom is -0.495 e. The number of aromatic nitrogens is 4. The van der Waals surface area contributed by atoms with E-state index in [2.05, 4.69) is 20.3 Å². The summed E-state index contributed by atoms with van der Waals surface area (Å²) in [5.41, 5.74) is 7.77. The molecule has 1 aliphatic rings. The Morgan fingerprint density at radius 1 is 1.40 bits per heavy atom. The second-order valence-corrected chi connectivity index (χ2v) is 6.05. The molecular weight excluding hydrogens is 344 g/mol. The zero-order chi connectivity index (χ0) is 17.4. The number of imidazole rings is 1. The van der Waals surface area contributed by atoms with Crippen LogP contribution in [0.4, 0.5) is 17.5 Å². The normalized spacial score (nSPS) is 17.1. The zero-order valence-corrected chi connectivity index (χ0v) is 14.3. The van der Waals surface area contributed by atoms with Crippen LogP contribution in [-0.4, -0.2) is 33.2 Å². The Bertz CT molecular complexity index is 922. The SMILES string of the molecule is COc1cccc(Nc2nc(N)nc3c2ncn3C2CCCO2)c1Cl. The van der Waals surface area contributed by atoms with Crippen molar-refractivity contribution in [2.24, 2.45) is 0 Å². The molecule has 3 aromatic rings. The van der Waals surface area contributed by atoms with Crippen LogP contribution in [0.1, 0.15) is 19.1 Å². The van der Waals surface area contributed by atoms with E-state index < -0.39 is 0 Å². The van der Waals surface area contributed by atoms with E-state index in [1.165, 1.54) is 0 Å². The molecule has 0 aliphatic carbocycles. The highest BCUT2D eigenvalue weighted by Gasteiger charge is 2.22. The molecule has 3 N–H and O–H groups in total. The lowest BCUT2D eigenvalue weighted by atomic mass is 10.3. The molecule has 1 fully saturated rings. The summed E-state index contributed by atoms with van der Waals surface area (Å²) < 4.78 is 12.8. The van der Waals surface area contributed by atoms with Gasteiger partial charge >= 0.3 is 0 Å². The first-order chi connectivity index (χ1) is 12.2. The Hall–Kier alpha value is -2.58. The molecule has 2 aromatic heterocycles. The maximum atomic E-state index is 6.35. The molecule has 1 saturated heterocycles. The number of nitrogens with one attached hydrogen (secondary N) is 1. The summed E-state index contributed by atoms with van der Waals surface area (Å²) >= 11 is 6.35. The summed E-state index contributed by atoms with van der Waals surface area (Å²) in [6.07, 6.45) is 3.55. The third kappa shape index (κ3) is 2.83. The van der Waals surface area contributed by atoms with Crippen molar-refractivity contribution in [3.63, 3.8) is 0 Å². The summed E-state index contributed by atoms with van der Waals surface area (Å²) in [6, 6.07) is 5.44. The summed E-state index contributed by atoms with van der Waals surface area (Å²) in [5, 5.41) is 3.63. The first-order valence-corrected chi connectivity index (χ1v) is 8.26. The lowest BCUT2D eigenvalue weighted by Crippen LogP contribution is -2.08. The molecule has 9 heteroatoms. The summed E-state index contributed by atoms with van der Waals surface area (Å²) in [4.78, 5) is 13.0. The molecular formula is C16H17ClN6O2. The predicted molar refractivity (Wildman–Crippen MR) is 95.2 cm³/mol. The molecule has 1 aromatic carbocycles. The van der Waals surface area contributed by atoms with Gasteiger partial charge in [0.2, 0.25) is 5.95 Å². The van der Waals surface area contributed by atoms with E-state index in [0.29, 0.717) is 33.4 Å². The Kier molecular flexibility index (Phi) is 4.06. The van der Waals surface area contributed by atoms with Gasteiger partial charge < -0.3 is 20.5 Å². The average Bonchev–Trinajstić information content (AvgIpc) is 3.25. The zero-order valence-electron chi connectivity index (χ0n) is 13.6. The number of ether oxygens (including phenoxy) is 2. The highest BCUT2D eigenvalue weighted by molar-refractivity contribution is 6.34. The van der Waals surface area contributed by atoms with E-state index in [9.17, 15) is 0 Å². The topological polar surface area (TPSA) is 100 Å². The summed E-state index contributed by atoms with van der Waals surface area (Å²) in [7, 11) is 1.56. The minimum atomic E-state index is -0.0763. The van der Waals surface area contributed by atoms with Crippen molar-refractivity contribution in [3.05, 3.63) is 29.5 Å². The number of hydrogen-bond donors (Lipinski definition) is 2. The fourth-order valence-electron chi connectivity index (χ4n) is 2.90. The van der Waals surface area contributed by atoms with E-state index >= 15 is 0 Å². The largest absolute Gasteiger partial charge is 0.495 e. The van der Waals surface area contributed by atoms with Crippen LogP contribution in [0.25, 0.3) is 11.2 Å². The van der Waals surface area contributed by atoms with Gasteiger partial charge in [-0.25, -0.2) is 4.98 Å². The fraction of sp³-hybridized carbons (Fsp3) is 0.312. The van der Waals surface area contributed by atoms with E-state index in [1.54, 1.807) is 19.5 Å². The monoisotopic (exact) mass is 360 g/mol.